The quantitative estimate of drug-likeness (QED) is 0.412. The fraction of sp³-hybridized carbons (Fsp3) is 0.800. The van der Waals surface area contributed by atoms with Crippen LogP contribution in [0.25, 0.3) is 0 Å². The minimum absolute atomic E-state index is 0.00199. The minimum Gasteiger partial charge on any atom is -0.462 e. The number of aldehydes is 1. The van der Waals surface area contributed by atoms with E-state index >= 15 is 0 Å². The molecule has 4 heteroatoms. The van der Waals surface area contributed by atoms with Crippen molar-refractivity contribution in [1.29, 1.82) is 0 Å². The number of ether oxygens (including phenoxy) is 1. The lowest BCUT2D eigenvalue weighted by Gasteiger charge is -2.55. The molecule has 0 N–H and O–H groups in total. The normalized spacial score (nSPS) is 49.3. The van der Waals surface area contributed by atoms with Crippen molar-refractivity contribution in [2.45, 2.75) is 52.1 Å². The topological polar surface area (TPSA) is 60.4 Å². The number of hydrogen-bond donors (Lipinski definition) is 0. The maximum absolute atomic E-state index is 12.2. The summed E-state index contributed by atoms with van der Waals surface area (Å²) in [5.41, 5.74) is -0.998. The summed E-state index contributed by atoms with van der Waals surface area (Å²) < 4.78 is 5.40. The van der Waals surface area contributed by atoms with Crippen LogP contribution in [0.3, 0.4) is 0 Å². The van der Waals surface area contributed by atoms with Gasteiger partial charge in [-0.05, 0) is 37.5 Å². The molecule has 19 heavy (non-hydrogen) atoms. The van der Waals surface area contributed by atoms with Crippen molar-refractivity contribution in [1.82, 2.24) is 0 Å². The minimum atomic E-state index is -0.871. The van der Waals surface area contributed by atoms with Crippen molar-refractivity contribution in [3.63, 3.8) is 0 Å². The molecule has 3 rings (SSSR count). The Labute approximate surface area is 112 Å². The fourth-order valence-electron chi connectivity index (χ4n) is 4.79. The summed E-state index contributed by atoms with van der Waals surface area (Å²) in [5.74, 6) is 0.163. The molecule has 104 valence electrons. The molecule has 1 heterocycles. The highest BCUT2D eigenvalue weighted by Gasteiger charge is 2.61. The van der Waals surface area contributed by atoms with E-state index in [4.69, 9.17) is 4.74 Å². The van der Waals surface area contributed by atoms with E-state index in [-0.39, 0.29) is 35.1 Å². The maximum atomic E-state index is 12.2. The third-order valence-electron chi connectivity index (χ3n) is 5.96. The first-order chi connectivity index (χ1) is 8.91. The Balaban J connectivity index is 2.01. The van der Waals surface area contributed by atoms with Gasteiger partial charge in [0.05, 0.1) is 11.8 Å². The molecule has 2 saturated carbocycles. The lowest BCUT2D eigenvalue weighted by Crippen LogP contribution is -2.56. The van der Waals surface area contributed by atoms with Gasteiger partial charge in [0.1, 0.15) is 18.2 Å². The summed E-state index contributed by atoms with van der Waals surface area (Å²) in [6, 6.07) is 0. The van der Waals surface area contributed by atoms with Crippen LogP contribution in [0.2, 0.25) is 0 Å². The summed E-state index contributed by atoms with van der Waals surface area (Å²) in [5, 5.41) is 0. The zero-order valence-corrected chi connectivity index (χ0v) is 11.5. The molecule has 3 fully saturated rings. The summed E-state index contributed by atoms with van der Waals surface area (Å²) in [7, 11) is 0. The van der Waals surface area contributed by atoms with Crippen molar-refractivity contribution in [2.24, 2.45) is 22.7 Å². The molecule has 1 aliphatic heterocycles. The van der Waals surface area contributed by atoms with Gasteiger partial charge in [0.25, 0.3) is 0 Å². The lowest BCUT2D eigenvalue weighted by atomic mass is 9.47. The SMILES string of the molecule is C[C@@]12CCC(=O)[C@@](C)(C=O)[C@@H]1CC[C@H]1OC(=O)C[C@@H]12. The van der Waals surface area contributed by atoms with Crippen LogP contribution in [0.4, 0.5) is 0 Å². The number of fused-ring (bicyclic) bond motifs is 3. The number of carbonyl (C=O) groups is 3. The van der Waals surface area contributed by atoms with Crippen LogP contribution >= 0.6 is 0 Å². The van der Waals surface area contributed by atoms with E-state index in [1.54, 1.807) is 6.92 Å². The predicted molar refractivity (Wildman–Crippen MR) is 67.2 cm³/mol. The van der Waals surface area contributed by atoms with Crippen molar-refractivity contribution in [3.8, 4) is 0 Å². The average Bonchev–Trinajstić information content (AvgIpc) is 2.76. The van der Waals surface area contributed by atoms with Crippen molar-refractivity contribution >= 4 is 18.0 Å². The van der Waals surface area contributed by atoms with Crippen LogP contribution in [-0.2, 0) is 19.1 Å². The maximum Gasteiger partial charge on any atom is 0.306 e. The molecule has 0 aromatic carbocycles. The molecule has 0 aromatic heterocycles. The molecule has 0 spiro atoms. The largest absolute Gasteiger partial charge is 0.462 e. The number of Topliss-reactive ketones (excluding diaryl/α,β-unsaturated/α-hetero) is 1. The number of rotatable bonds is 1. The summed E-state index contributed by atoms with van der Waals surface area (Å²) in [6.07, 6.45) is 4.09. The van der Waals surface area contributed by atoms with Gasteiger partial charge >= 0.3 is 5.97 Å². The molecule has 0 radical (unpaired) electrons. The summed E-state index contributed by atoms with van der Waals surface area (Å²) in [6.45, 7) is 3.92. The molecule has 4 nitrogen and oxygen atoms in total. The van der Waals surface area contributed by atoms with Gasteiger partial charge in [-0.15, -0.1) is 0 Å². The molecular formula is C15H20O4. The Morgan fingerprint density at radius 3 is 2.68 bits per heavy atom. The monoisotopic (exact) mass is 264 g/mol. The van der Waals surface area contributed by atoms with Gasteiger partial charge in [0.15, 0.2) is 0 Å². The van der Waals surface area contributed by atoms with Crippen LogP contribution in [0.5, 0.6) is 0 Å². The van der Waals surface area contributed by atoms with Crippen LogP contribution in [0, 0.1) is 22.7 Å². The Morgan fingerprint density at radius 2 is 2.00 bits per heavy atom. The Hall–Kier alpha value is -1.19. The zero-order valence-electron chi connectivity index (χ0n) is 11.5. The third-order valence-corrected chi connectivity index (χ3v) is 5.96. The Morgan fingerprint density at radius 1 is 1.26 bits per heavy atom. The first kappa shape index (κ1) is 12.8. The first-order valence-corrected chi connectivity index (χ1v) is 7.11. The van der Waals surface area contributed by atoms with E-state index in [9.17, 15) is 14.4 Å². The van der Waals surface area contributed by atoms with Gasteiger partial charge in [-0.25, -0.2) is 0 Å². The summed E-state index contributed by atoms with van der Waals surface area (Å²) >= 11 is 0. The van der Waals surface area contributed by atoms with Crippen LogP contribution in [0.1, 0.15) is 46.0 Å². The summed E-state index contributed by atoms with van der Waals surface area (Å²) in [4.78, 5) is 35.3. The number of esters is 1. The van der Waals surface area contributed by atoms with Crippen molar-refractivity contribution in [3.05, 3.63) is 0 Å². The smallest absolute Gasteiger partial charge is 0.306 e. The fourth-order valence-corrected chi connectivity index (χ4v) is 4.79. The highest BCUT2D eigenvalue weighted by molar-refractivity contribution is 5.99. The van der Waals surface area contributed by atoms with E-state index in [1.807, 2.05) is 0 Å². The van der Waals surface area contributed by atoms with E-state index in [2.05, 4.69) is 6.92 Å². The zero-order chi connectivity index (χ0) is 13.8. The predicted octanol–water partition coefficient (Wildman–Crippen LogP) is 1.90. The van der Waals surface area contributed by atoms with E-state index in [1.165, 1.54) is 0 Å². The molecule has 3 aliphatic rings. The molecule has 0 unspecified atom stereocenters. The average molecular weight is 264 g/mol. The Bertz CT molecular complexity index is 457. The molecular weight excluding hydrogens is 244 g/mol. The van der Waals surface area contributed by atoms with Gasteiger partial charge in [0, 0.05) is 12.3 Å². The van der Waals surface area contributed by atoms with Crippen LogP contribution in [0.15, 0.2) is 0 Å². The van der Waals surface area contributed by atoms with Gasteiger partial charge in [-0.1, -0.05) is 6.92 Å². The van der Waals surface area contributed by atoms with Gasteiger partial charge in [-0.3, -0.25) is 9.59 Å². The second-order valence-electron chi connectivity index (χ2n) is 6.80. The highest BCUT2D eigenvalue weighted by atomic mass is 16.5. The number of hydrogen-bond acceptors (Lipinski definition) is 4. The molecule has 0 bridgehead atoms. The van der Waals surface area contributed by atoms with Crippen molar-refractivity contribution < 1.29 is 19.1 Å². The van der Waals surface area contributed by atoms with Crippen LogP contribution < -0.4 is 0 Å². The van der Waals surface area contributed by atoms with Gasteiger partial charge < -0.3 is 9.53 Å². The number of ketones is 1. The van der Waals surface area contributed by atoms with Crippen molar-refractivity contribution in [2.75, 3.05) is 0 Å². The van der Waals surface area contributed by atoms with Gasteiger partial charge in [-0.2, -0.15) is 0 Å². The second kappa shape index (κ2) is 3.90. The molecule has 0 amide bonds. The number of carbonyl (C=O) groups excluding carboxylic acids is 3. The van der Waals surface area contributed by atoms with E-state index in [0.29, 0.717) is 12.8 Å². The van der Waals surface area contributed by atoms with Crippen LogP contribution in [-0.4, -0.2) is 24.1 Å². The third kappa shape index (κ3) is 1.55. The standard InChI is InChI=1S/C15H20O4/c1-14-6-5-12(17)15(2,8-16)11(14)4-3-10-9(14)7-13(18)19-10/h8-11H,3-7H2,1-2H3/t9-,10+,11+,14-,15-/m0/s1. The van der Waals surface area contributed by atoms with Gasteiger partial charge in [0.2, 0.25) is 0 Å². The van der Waals surface area contributed by atoms with E-state index in [0.717, 1.165) is 25.5 Å². The molecule has 0 aromatic rings. The second-order valence-corrected chi connectivity index (χ2v) is 6.80. The first-order valence-electron chi connectivity index (χ1n) is 7.11. The highest BCUT2D eigenvalue weighted by Crippen LogP contribution is 2.60. The molecule has 1 saturated heterocycles. The lowest BCUT2D eigenvalue weighted by molar-refractivity contribution is -0.160. The van der Waals surface area contributed by atoms with E-state index < -0.39 is 5.41 Å². The Kier molecular flexibility index (Phi) is 2.63. The molecule has 5 atom stereocenters. The molecule has 2 aliphatic carbocycles.